The molecule has 0 aromatic heterocycles. The monoisotopic (exact) mass is 310 g/mol. The first-order valence-electron chi connectivity index (χ1n) is 7.19. The number of aliphatic hydroxyl groups is 3. The summed E-state index contributed by atoms with van der Waals surface area (Å²) < 4.78 is 5.26. The Morgan fingerprint density at radius 3 is 1.45 bits per heavy atom. The van der Waals surface area contributed by atoms with Crippen LogP contribution in [0.5, 0.6) is 5.75 Å². The van der Waals surface area contributed by atoms with E-state index in [1.54, 1.807) is 53.7 Å². The molecule has 0 saturated heterocycles. The Morgan fingerprint density at radius 2 is 1.23 bits per heavy atom. The molecule has 3 N–H and O–H groups in total. The van der Waals surface area contributed by atoms with E-state index in [2.05, 4.69) is 0 Å². The van der Waals surface area contributed by atoms with Gasteiger partial charge < -0.3 is 20.1 Å². The average Bonchev–Trinajstić information content (AvgIpc) is 2.23. The van der Waals surface area contributed by atoms with Crippen LogP contribution in [0.3, 0.4) is 0 Å². The van der Waals surface area contributed by atoms with Crippen molar-refractivity contribution in [2.24, 2.45) is 0 Å². The number of rotatable bonds is 4. The Hall–Kier alpha value is -1.43. The summed E-state index contributed by atoms with van der Waals surface area (Å²) in [5, 5.41) is 31.1. The highest BCUT2D eigenvalue weighted by atomic mass is 16.5. The zero-order chi connectivity index (χ0) is 17.5. The molecule has 0 amide bonds. The van der Waals surface area contributed by atoms with Gasteiger partial charge in [0.05, 0.1) is 16.8 Å². The lowest BCUT2D eigenvalue weighted by atomic mass is 9.84. The van der Waals surface area contributed by atoms with Crippen molar-refractivity contribution in [1.29, 1.82) is 0 Å². The summed E-state index contributed by atoms with van der Waals surface area (Å²) in [5.41, 5.74) is -2.62. The second-order valence-electron chi connectivity index (χ2n) is 7.17. The van der Waals surface area contributed by atoms with Gasteiger partial charge in [0.25, 0.3) is 0 Å². The van der Waals surface area contributed by atoms with Gasteiger partial charge in [0.15, 0.2) is 0 Å². The molecule has 1 aromatic carbocycles. The summed E-state index contributed by atoms with van der Waals surface area (Å²) in [4.78, 5) is 11.4. The molecule has 0 saturated carbocycles. The Kier molecular flexibility index (Phi) is 4.78. The standard InChI is InChI=1S/C17H26O5/c1-10(18)22-14-12(16(4,5)20)8-11(15(2,3)19)9-13(14)17(6,7)21/h8-9,19-21H,1-7H3. The molecule has 0 fully saturated rings. The van der Waals surface area contributed by atoms with Crippen molar-refractivity contribution < 1.29 is 24.9 Å². The first-order valence-corrected chi connectivity index (χ1v) is 7.19. The van der Waals surface area contributed by atoms with Crippen LogP contribution in [0.4, 0.5) is 0 Å². The minimum atomic E-state index is -1.31. The molecule has 124 valence electrons. The van der Waals surface area contributed by atoms with Gasteiger partial charge in [0, 0.05) is 18.1 Å². The molecule has 0 aliphatic rings. The molecule has 0 unspecified atom stereocenters. The zero-order valence-corrected chi connectivity index (χ0v) is 14.3. The van der Waals surface area contributed by atoms with Gasteiger partial charge in [0.1, 0.15) is 5.75 Å². The van der Waals surface area contributed by atoms with E-state index >= 15 is 0 Å². The van der Waals surface area contributed by atoms with E-state index < -0.39 is 22.8 Å². The average molecular weight is 310 g/mol. The lowest BCUT2D eigenvalue weighted by Gasteiger charge is -2.30. The van der Waals surface area contributed by atoms with Gasteiger partial charge in [-0.05, 0) is 59.2 Å². The third-order valence-electron chi connectivity index (χ3n) is 3.36. The number of hydrogen-bond acceptors (Lipinski definition) is 5. The van der Waals surface area contributed by atoms with Crippen LogP contribution in [-0.4, -0.2) is 21.3 Å². The van der Waals surface area contributed by atoms with Gasteiger partial charge in [0.2, 0.25) is 0 Å². The summed E-state index contributed by atoms with van der Waals surface area (Å²) in [6.07, 6.45) is 0. The van der Waals surface area contributed by atoms with Crippen molar-refractivity contribution in [3.05, 3.63) is 28.8 Å². The third kappa shape index (κ3) is 4.29. The van der Waals surface area contributed by atoms with Gasteiger partial charge in [-0.25, -0.2) is 0 Å². The maximum atomic E-state index is 11.4. The fourth-order valence-corrected chi connectivity index (χ4v) is 2.14. The zero-order valence-electron chi connectivity index (χ0n) is 14.3. The van der Waals surface area contributed by atoms with Gasteiger partial charge in [-0.15, -0.1) is 0 Å². The topological polar surface area (TPSA) is 87.0 Å². The van der Waals surface area contributed by atoms with Gasteiger partial charge in [-0.3, -0.25) is 4.79 Å². The van der Waals surface area contributed by atoms with Crippen LogP contribution in [0.1, 0.15) is 65.2 Å². The first kappa shape index (κ1) is 18.6. The maximum Gasteiger partial charge on any atom is 0.308 e. The number of carbonyl (C=O) groups is 1. The van der Waals surface area contributed by atoms with Crippen molar-refractivity contribution >= 4 is 5.97 Å². The molecule has 0 bridgehead atoms. The molecule has 0 aliphatic heterocycles. The van der Waals surface area contributed by atoms with Crippen LogP contribution < -0.4 is 4.74 Å². The number of ether oxygens (including phenoxy) is 1. The maximum absolute atomic E-state index is 11.4. The highest BCUT2D eigenvalue weighted by Gasteiger charge is 2.33. The van der Waals surface area contributed by atoms with E-state index in [0.717, 1.165) is 0 Å². The van der Waals surface area contributed by atoms with Crippen molar-refractivity contribution in [2.75, 3.05) is 0 Å². The molecule has 1 aromatic rings. The highest BCUT2D eigenvalue weighted by molar-refractivity contribution is 5.71. The van der Waals surface area contributed by atoms with Gasteiger partial charge in [-0.2, -0.15) is 0 Å². The molecule has 0 aliphatic carbocycles. The van der Waals surface area contributed by atoms with Gasteiger partial charge in [-0.1, -0.05) is 0 Å². The summed E-state index contributed by atoms with van der Waals surface area (Å²) in [5.74, 6) is -0.424. The largest absolute Gasteiger partial charge is 0.426 e. The molecule has 5 heteroatoms. The van der Waals surface area contributed by atoms with Crippen LogP contribution in [0, 0.1) is 0 Å². The molecule has 0 spiro atoms. The van der Waals surface area contributed by atoms with E-state index in [9.17, 15) is 20.1 Å². The lowest BCUT2D eigenvalue weighted by molar-refractivity contribution is -0.132. The Bertz CT molecular complexity index is 533. The summed E-state index contributed by atoms with van der Waals surface area (Å²) in [7, 11) is 0. The van der Waals surface area contributed by atoms with Crippen LogP contribution in [0.2, 0.25) is 0 Å². The smallest absolute Gasteiger partial charge is 0.308 e. The Morgan fingerprint density at radius 1 is 0.864 bits per heavy atom. The van der Waals surface area contributed by atoms with Crippen LogP contribution in [0.15, 0.2) is 12.1 Å². The molecule has 22 heavy (non-hydrogen) atoms. The fourth-order valence-electron chi connectivity index (χ4n) is 2.14. The molecule has 0 radical (unpaired) electrons. The Balaban J connectivity index is 3.81. The molecular weight excluding hydrogens is 284 g/mol. The molecule has 0 atom stereocenters. The number of esters is 1. The molecular formula is C17H26O5. The highest BCUT2D eigenvalue weighted by Crippen LogP contribution is 2.41. The summed E-state index contributed by atoms with van der Waals surface area (Å²) >= 11 is 0. The van der Waals surface area contributed by atoms with E-state index in [0.29, 0.717) is 16.7 Å². The third-order valence-corrected chi connectivity index (χ3v) is 3.36. The van der Waals surface area contributed by atoms with E-state index in [1.807, 2.05) is 0 Å². The van der Waals surface area contributed by atoms with Crippen LogP contribution in [-0.2, 0) is 21.6 Å². The normalized spacial score (nSPS) is 13.2. The number of carbonyl (C=O) groups excluding carboxylic acids is 1. The molecule has 1 rings (SSSR count). The van der Waals surface area contributed by atoms with Crippen molar-refractivity contribution in [2.45, 2.75) is 65.3 Å². The SMILES string of the molecule is CC(=O)Oc1c(C(C)(C)O)cc(C(C)(C)O)cc1C(C)(C)O. The minimum absolute atomic E-state index is 0.125. The summed E-state index contributed by atoms with van der Waals surface area (Å²) in [6.45, 7) is 10.7. The fraction of sp³-hybridized carbons (Fsp3) is 0.588. The van der Waals surface area contributed by atoms with E-state index in [-0.39, 0.29) is 5.75 Å². The van der Waals surface area contributed by atoms with E-state index in [4.69, 9.17) is 4.74 Å². The number of hydrogen-bond donors (Lipinski definition) is 3. The second kappa shape index (κ2) is 5.65. The van der Waals surface area contributed by atoms with Crippen LogP contribution >= 0.6 is 0 Å². The van der Waals surface area contributed by atoms with Crippen molar-refractivity contribution in [1.82, 2.24) is 0 Å². The minimum Gasteiger partial charge on any atom is -0.426 e. The van der Waals surface area contributed by atoms with Crippen molar-refractivity contribution in [3.8, 4) is 5.75 Å². The Labute approximate surface area is 131 Å². The quantitative estimate of drug-likeness (QED) is 0.587. The van der Waals surface area contributed by atoms with Crippen molar-refractivity contribution in [3.63, 3.8) is 0 Å². The number of benzene rings is 1. The molecule has 0 heterocycles. The van der Waals surface area contributed by atoms with Gasteiger partial charge >= 0.3 is 5.97 Å². The second-order valence-corrected chi connectivity index (χ2v) is 7.17. The predicted molar refractivity (Wildman–Crippen MR) is 83.5 cm³/mol. The van der Waals surface area contributed by atoms with E-state index in [1.165, 1.54) is 6.92 Å². The predicted octanol–water partition coefficient (Wildman–Crippen LogP) is 2.29. The van der Waals surface area contributed by atoms with Crippen LogP contribution in [0.25, 0.3) is 0 Å². The first-order chi connectivity index (χ1) is 9.64. The lowest BCUT2D eigenvalue weighted by Crippen LogP contribution is -2.27. The summed E-state index contributed by atoms with van der Waals surface area (Å²) in [6, 6.07) is 3.18. The molecule has 5 nitrogen and oxygen atoms in total.